The highest BCUT2D eigenvalue weighted by atomic mass is 35.5. The van der Waals surface area contributed by atoms with Gasteiger partial charge in [-0.15, -0.1) is 0 Å². The molecule has 1 heterocycles. The van der Waals surface area contributed by atoms with Crippen molar-refractivity contribution in [1.82, 2.24) is 5.01 Å². The Labute approximate surface area is 178 Å². The van der Waals surface area contributed by atoms with Crippen LogP contribution in [0.2, 0.25) is 5.02 Å². The van der Waals surface area contributed by atoms with E-state index in [2.05, 4.69) is 10.4 Å². The number of halogens is 1. The second-order valence-electron chi connectivity index (χ2n) is 6.54. The predicted octanol–water partition coefficient (Wildman–Crippen LogP) is 4.43. The molecule has 1 aliphatic rings. The second kappa shape index (κ2) is 8.75. The fourth-order valence-electron chi connectivity index (χ4n) is 3.01. The Hall–Kier alpha value is -2.71. The van der Waals surface area contributed by atoms with E-state index in [0.717, 1.165) is 0 Å². The van der Waals surface area contributed by atoms with Crippen molar-refractivity contribution in [2.24, 2.45) is 10.5 Å². The van der Waals surface area contributed by atoms with Gasteiger partial charge in [-0.3, -0.25) is 4.79 Å². The van der Waals surface area contributed by atoms with Crippen LogP contribution in [0.3, 0.4) is 0 Å². The Morgan fingerprint density at radius 1 is 1.17 bits per heavy atom. The number of nitrogens with zero attached hydrogens (tertiary/aromatic N) is 2. The molecule has 0 aromatic heterocycles. The molecule has 1 atom stereocenters. The van der Waals surface area contributed by atoms with Crippen LogP contribution in [0.4, 0.5) is 10.5 Å². The van der Waals surface area contributed by atoms with Gasteiger partial charge in [0, 0.05) is 17.0 Å². The second-order valence-corrected chi connectivity index (χ2v) is 7.48. The molecule has 0 bridgehead atoms. The molecule has 0 radical (unpaired) electrons. The van der Waals surface area contributed by atoms with Gasteiger partial charge in [-0.05, 0) is 48.9 Å². The van der Waals surface area contributed by atoms with E-state index in [-0.39, 0.29) is 6.54 Å². The lowest BCUT2D eigenvalue weighted by Gasteiger charge is -2.23. The lowest BCUT2D eigenvalue weighted by Crippen LogP contribution is -2.42. The molecule has 0 saturated heterocycles. The first-order valence-electron chi connectivity index (χ1n) is 8.70. The fraction of sp³-hybridized carbons (Fsp3) is 0.250. The topological polar surface area (TPSA) is 80.2 Å². The highest BCUT2D eigenvalue weighted by Gasteiger charge is 2.48. The third-order valence-corrected chi connectivity index (χ3v) is 5.09. The van der Waals surface area contributed by atoms with Crippen LogP contribution in [-0.4, -0.2) is 42.6 Å². The van der Waals surface area contributed by atoms with E-state index >= 15 is 0 Å². The van der Waals surface area contributed by atoms with E-state index in [0.29, 0.717) is 27.7 Å². The number of methoxy groups -OCH3 is 1. The number of hydrogen-bond donors (Lipinski definition) is 1. The minimum absolute atomic E-state index is 0.0527. The van der Waals surface area contributed by atoms with Crippen LogP contribution in [0.25, 0.3) is 0 Å². The third kappa shape index (κ3) is 4.49. The van der Waals surface area contributed by atoms with Gasteiger partial charge in [-0.25, -0.2) is 9.80 Å². The molecule has 152 valence electrons. The van der Waals surface area contributed by atoms with Gasteiger partial charge in [-0.2, -0.15) is 5.10 Å². The van der Waals surface area contributed by atoms with E-state index in [1.807, 2.05) is 6.26 Å². The monoisotopic (exact) mass is 433 g/mol. The van der Waals surface area contributed by atoms with Crippen molar-refractivity contribution < 1.29 is 18.5 Å². The smallest absolute Gasteiger partial charge is 0.342 e. The molecular formula is C20H20ClN3O4S. The normalized spacial score (nSPS) is 18.2. The number of rotatable bonds is 5. The minimum atomic E-state index is -1.10. The highest BCUT2D eigenvalue weighted by Crippen LogP contribution is 2.33. The van der Waals surface area contributed by atoms with Crippen molar-refractivity contribution in [3.63, 3.8) is 0 Å². The first-order chi connectivity index (χ1) is 13.9. The largest absolute Gasteiger partial charge is 0.468 e. The Balaban J connectivity index is 1.84. The molecule has 3 rings (SSSR count). The van der Waals surface area contributed by atoms with Crippen molar-refractivity contribution >= 4 is 47.0 Å². The van der Waals surface area contributed by atoms with Gasteiger partial charge >= 0.3 is 12.0 Å². The number of urea groups is 1. The standard InChI is InChI=1S/C20H20ClN3O4S/c1-20(18(25)27-2)12-24(23-17(20)13-4-6-14(21)7-5-13)19(26)22-15-8-10-16(11-9-15)28-29-3/h4-11H,12H2,1-3H3,(H,22,26). The summed E-state index contributed by atoms with van der Waals surface area (Å²) in [6.07, 6.45) is 1.82. The van der Waals surface area contributed by atoms with Gasteiger partial charge in [0.25, 0.3) is 0 Å². The summed E-state index contributed by atoms with van der Waals surface area (Å²) in [5, 5.41) is 8.99. The number of anilines is 1. The quantitative estimate of drug-likeness (QED) is 0.557. The Bertz CT molecular complexity index is 934. The summed E-state index contributed by atoms with van der Waals surface area (Å²) in [5.74, 6) is 0.207. The zero-order chi connectivity index (χ0) is 21.0. The summed E-state index contributed by atoms with van der Waals surface area (Å²) in [7, 11) is 1.31. The maximum absolute atomic E-state index is 12.8. The SMILES string of the molecule is COC(=O)C1(C)CN(C(=O)Nc2ccc(OSC)cc2)N=C1c1ccc(Cl)cc1. The highest BCUT2D eigenvalue weighted by molar-refractivity contribution is 7.94. The van der Waals surface area contributed by atoms with Crippen LogP contribution < -0.4 is 9.50 Å². The fourth-order valence-corrected chi connectivity index (χ4v) is 3.44. The van der Waals surface area contributed by atoms with Crippen LogP contribution in [-0.2, 0) is 9.53 Å². The molecule has 2 aromatic rings. The summed E-state index contributed by atoms with van der Waals surface area (Å²) >= 11 is 7.20. The molecule has 1 unspecified atom stereocenters. The lowest BCUT2D eigenvalue weighted by molar-refractivity contribution is -0.147. The molecule has 29 heavy (non-hydrogen) atoms. The van der Waals surface area contributed by atoms with Crippen molar-refractivity contribution in [2.75, 3.05) is 25.2 Å². The number of benzene rings is 2. The van der Waals surface area contributed by atoms with Crippen molar-refractivity contribution in [3.05, 3.63) is 59.1 Å². The molecule has 1 N–H and O–H groups in total. The van der Waals surface area contributed by atoms with Gasteiger partial charge < -0.3 is 14.2 Å². The zero-order valence-corrected chi connectivity index (χ0v) is 17.7. The minimum Gasteiger partial charge on any atom is -0.468 e. The molecule has 1 aliphatic heterocycles. The number of hydrogen-bond acceptors (Lipinski definition) is 6. The van der Waals surface area contributed by atoms with E-state index in [1.54, 1.807) is 55.5 Å². The average Bonchev–Trinajstić information content (AvgIpc) is 3.08. The van der Waals surface area contributed by atoms with Crippen LogP contribution in [0.15, 0.2) is 53.6 Å². The van der Waals surface area contributed by atoms with Crippen LogP contribution in [0.1, 0.15) is 12.5 Å². The number of hydrazone groups is 1. The molecule has 7 nitrogen and oxygen atoms in total. The molecule has 9 heteroatoms. The predicted molar refractivity (Wildman–Crippen MR) is 114 cm³/mol. The van der Waals surface area contributed by atoms with Gasteiger partial charge in [0.1, 0.15) is 11.2 Å². The lowest BCUT2D eigenvalue weighted by atomic mass is 9.82. The molecule has 0 fully saturated rings. The van der Waals surface area contributed by atoms with E-state index in [1.165, 1.54) is 24.2 Å². The first kappa shape index (κ1) is 21.0. The number of amides is 2. The van der Waals surface area contributed by atoms with Gasteiger partial charge in [-0.1, -0.05) is 23.7 Å². The molecular weight excluding hydrogens is 414 g/mol. The van der Waals surface area contributed by atoms with Crippen LogP contribution in [0, 0.1) is 5.41 Å². The number of nitrogens with one attached hydrogen (secondary N) is 1. The summed E-state index contributed by atoms with van der Waals surface area (Å²) in [5.41, 5.74) is 0.616. The first-order valence-corrected chi connectivity index (χ1v) is 10.2. The summed E-state index contributed by atoms with van der Waals surface area (Å²) in [4.78, 5) is 25.3. The average molecular weight is 434 g/mol. The molecule has 0 aliphatic carbocycles. The van der Waals surface area contributed by atoms with Crippen molar-refractivity contribution in [2.45, 2.75) is 6.92 Å². The zero-order valence-electron chi connectivity index (χ0n) is 16.1. The Morgan fingerprint density at radius 3 is 2.41 bits per heavy atom. The summed E-state index contributed by atoms with van der Waals surface area (Å²) < 4.78 is 10.3. The van der Waals surface area contributed by atoms with Crippen LogP contribution in [0.5, 0.6) is 5.75 Å². The van der Waals surface area contributed by atoms with Crippen molar-refractivity contribution in [3.8, 4) is 5.75 Å². The number of esters is 1. The Morgan fingerprint density at radius 2 is 1.83 bits per heavy atom. The summed E-state index contributed by atoms with van der Waals surface area (Å²) in [6.45, 7) is 1.76. The molecule has 0 saturated carbocycles. The Kier molecular flexibility index (Phi) is 6.34. The molecule has 2 amide bonds. The maximum Gasteiger partial charge on any atom is 0.342 e. The number of ether oxygens (including phenoxy) is 1. The third-order valence-electron chi connectivity index (χ3n) is 4.48. The molecule has 2 aromatic carbocycles. The number of carbonyl (C=O) groups excluding carboxylic acids is 2. The van der Waals surface area contributed by atoms with Gasteiger partial charge in [0.05, 0.1) is 31.4 Å². The van der Waals surface area contributed by atoms with Crippen LogP contribution >= 0.6 is 23.6 Å². The van der Waals surface area contributed by atoms with E-state index in [9.17, 15) is 9.59 Å². The summed E-state index contributed by atoms with van der Waals surface area (Å²) in [6, 6.07) is 13.4. The van der Waals surface area contributed by atoms with E-state index in [4.69, 9.17) is 20.5 Å². The molecule has 0 spiro atoms. The van der Waals surface area contributed by atoms with Gasteiger partial charge in [0.2, 0.25) is 0 Å². The maximum atomic E-state index is 12.8. The van der Waals surface area contributed by atoms with Gasteiger partial charge in [0.15, 0.2) is 0 Å². The number of carbonyl (C=O) groups is 2. The van der Waals surface area contributed by atoms with Crippen molar-refractivity contribution in [1.29, 1.82) is 0 Å². The van der Waals surface area contributed by atoms with E-state index < -0.39 is 17.4 Å².